The number of carbonyl (C=O) groups excluding carboxylic acids is 2. The van der Waals surface area contributed by atoms with E-state index in [4.69, 9.17) is 9.57 Å². The van der Waals surface area contributed by atoms with Crippen molar-refractivity contribution in [3.05, 3.63) is 125 Å². The smallest absolute Gasteiger partial charge is 0.340 e. The molecule has 0 saturated heterocycles. The second-order valence-corrected chi connectivity index (χ2v) is 13.1. The summed E-state index contributed by atoms with van der Waals surface area (Å²) in [6, 6.07) is 30.7. The van der Waals surface area contributed by atoms with Crippen LogP contribution in [0.2, 0.25) is 0 Å². The van der Waals surface area contributed by atoms with Crippen molar-refractivity contribution in [3.8, 4) is 5.75 Å². The first kappa shape index (κ1) is 37.3. The first-order valence-corrected chi connectivity index (χ1v) is 17.8. The van der Waals surface area contributed by atoms with Gasteiger partial charge in [0.05, 0.1) is 5.52 Å². The van der Waals surface area contributed by atoms with Crippen LogP contribution in [0.5, 0.6) is 5.75 Å². The summed E-state index contributed by atoms with van der Waals surface area (Å²) in [6.45, 7) is 3.93. The molecule has 0 radical (unpaired) electrons. The van der Waals surface area contributed by atoms with Crippen LogP contribution in [-0.4, -0.2) is 41.0 Å². The maximum atomic E-state index is 14.1. The number of ketones is 1. The van der Waals surface area contributed by atoms with E-state index in [-0.39, 0.29) is 28.8 Å². The molecular formula is C43H40F4N2O4. The van der Waals surface area contributed by atoms with Crippen LogP contribution in [0.3, 0.4) is 0 Å². The van der Waals surface area contributed by atoms with Crippen LogP contribution in [0.1, 0.15) is 86.0 Å². The number of hydrogen-bond acceptors (Lipinski definition) is 5. The number of oxime groups is 1. The summed E-state index contributed by atoms with van der Waals surface area (Å²) in [6.07, 6.45) is 1.09. The number of alkyl halides is 4. The Labute approximate surface area is 305 Å². The molecule has 6 aromatic rings. The van der Waals surface area contributed by atoms with Crippen molar-refractivity contribution in [1.29, 1.82) is 0 Å². The van der Waals surface area contributed by atoms with Crippen LogP contribution in [0, 0.1) is 0 Å². The number of carbonyl (C=O) groups is 2. The van der Waals surface area contributed by atoms with Gasteiger partial charge in [0.15, 0.2) is 12.4 Å². The predicted molar refractivity (Wildman–Crippen MR) is 201 cm³/mol. The molecule has 53 heavy (non-hydrogen) atoms. The molecule has 0 fully saturated rings. The first-order chi connectivity index (χ1) is 25.6. The molecule has 274 valence electrons. The highest BCUT2D eigenvalue weighted by Crippen LogP contribution is 2.41. The number of ether oxygens (including phenoxy) is 1. The van der Waals surface area contributed by atoms with Gasteiger partial charge in [-0.2, -0.15) is 8.78 Å². The lowest BCUT2D eigenvalue weighted by Crippen LogP contribution is -2.34. The average molecular weight is 725 g/mol. The Kier molecular flexibility index (Phi) is 11.3. The minimum Gasteiger partial charge on any atom is -0.486 e. The molecule has 1 aromatic heterocycles. The number of hydrogen-bond donors (Lipinski definition) is 0. The van der Waals surface area contributed by atoms with Crippen molar-refractivity contribution in [2.24, 2.45) is 5.16 Å². The Hall–Kier alpha value is -5.51. The summed E-state index contributed by atoms with van der Waals surface area (Å²) in [5.74, 6) is -5.40. The third kappa shape index (κ3) is 7.68. The van der Waals surface area contributed by atoms with Gasteiger partial charge in [-0.05, 0) is 48.6 Å². The van der Waals surface area contributed by atoms with Crippen molar-refractivity contribution < 1.29 is 36.7 Å². The van der Waals surface area contributed by atoms with E-state index >= 15 is 0 Å². The number of unbranched alkanes of at least 4 members (excludes halogenated alkanes) is 2. The molecule has 0 spiro atoms. The number of para-hydroxylation sites is 1. The summed E-state index contributed by atoms with van der Waals surface area (Å²) in [5, 5.41) is 7.48. The topological polar surface area (TPSA) is 69.9 Å². The molecule has 0 aliphatic rings. The highest BCUT2D eigenvalue weighted by Gasteiger charge is 2.42. The van der Waals surface area contributed by atoms with Crippen molar-refractivity contribution in [3.63, 3.8) is 0 Å². The van der Waals surface area contributed by atoms with Gasteiger partial charge in [0.2, 0.25) is 0 Å². The van der Waals surface area contributed by atoms with Crippen LogP contribution in [0.15, 0.2) is 108 Å². The molecule has 0 amide bonds. The van der Waals surface area contributed by atoms with E-state index in [9.17, 15) is 27.2 Å². The molecule has 0 bridgehead atoms. The normalized spacial score (nSPS) is 12.9. The van der Waals surface area contributed by atoms with E-state index in [0.717, 1.165) is 64.7 Å². The second-order valence-electron chi connectivity index (χ2n) is 13.1. The monoisotopic (exact) mass is 724 g/mol. The van der Waals surface area contributed by atoms with Crippen molar-refractivity contribution >= 4 is 50.0 Å². The van der Waals surface area contributed by atoms with Crippen LogP contribution in [0.25, 0.3) is 32.6 Å². The summed E-state index contributed by atoms with van der Waals surface area (Å²) in [4.78, 5) is 31.2. The third-order valence-electron chi connectivity index (χ3n) is 9.48. The van der Waals surface area contributed by atoms with E-state index in [0.29, 0.717) is 16.7 Å². The molecule has 6 nitrogen and oxygen atoms in total. The number of halogens is 4. The lowest BCUT2D eigenvalue weighted by Gasteiger charge is -2.21. The van der Waals surface area contributed by atoms with Crippen LogP contribution in [-0.2, 0) is 9.63 Å². The van der Waals surface area contributed by atoms with Crippen molar-refractivity contribution in [1.82, 2.24) is 4.57 Å². The summed E-state index contributed by atoms with van der Waals surface area (Å²) in [7, 11) is 0. The second kappa shape index (κ2) is 16.0. The van der Waals surface area contributed by atoms with E-state index in [1.54, 1.807) is 24.3 Å². The van der Waals surface area contributed by atoms with Gasteiger partial charge in [0, 0.05) is 56.9 Å². The van der Waals surface area contributed by atoms with Crippen LogP contribution >= 0.6 is 0 Å². The van der Waals surface area contributed by atoms with E-state index in [2.05, 4.69) is 23.6 Å². The summed E-state index contributed by atoms with van der Waals surface area (Å²) in [5.41, 5.74) is 3.63. The van der Waals surface area contributed by atoms with E-state index in [1.165, 1.54) is 25.1 Å². The number of rotatable bonds is 15. The number of benzene rings is 5. The molecule has 1 heterocycles. The summed E-state index contributed by atoms with van der Waals surface area (Å²) >= 11 is 0. The zero-order valence-corrected chi connectivity index (χ0v) is 29.8. The van der Waals surface area contributed by atoms with E-state index < -0.39 is 24.9 Å². The molecular weight excluding hydrogens is 684 g/mol. The molecule has 1 atom stereocenters. The Morgan fingerprint density at radius 2 is 1.47 bits per heavy atom. The fraction of sp³-hybridized carbons (Fsp3) is 0.279. The molecule has 0 N–H and O–H groups in total. The summed E-state index contributed by atoms with van der Waals surface area (Å²) < 4.78 is 61.6. The SMILES string of the molecule is CCCCCC(CC)n1c2ccc(/C(=N\OC(C)=O)c3ccccc3OCC(F)(F)C(F)F)cc2c2cc(C(=O)c3ccccc3)c3ccccc3c21. The molecule has 0 aliphatic heterocycles. The molecule has 1 unspecified atom stereocenters. The standard InChI is InChI=1S/C43H40F4N2O4/c1-4-6-8-17-30(5-2)49-37-23-22-29(39(48-53-27(3)50)33-20-13-14-21-38(33)52-26-43(46,47)42(44)45)24-34(37)35-25-36(41(51)28-15-9-7-10-16-28)31-18-11-12-19-32(31)40(35)49/h7,9-16,18-25,30,42H,4-6,8,17,26H2,1-3H3/b48-39+. The molecule has 5 aromatic carbocycles. The largest absolute Gasteiger partial charge is 0.486 e. The lowest BCUT2D eigenvalue weighted by atomic mass is 9.94. The first-order valence-electron chi connectivity index (χ1n) is 17.8. The van der Waals surface area contributed by atoms with E-state index in [1.807, 2.05) is 60.7 Å². The third-order valence-corrected chi connectivity index (χ3v) is 9.48. The van der Waals surface area contributed by atoms with Gasteiger partial charge in [0.25, 0.3) is 0 Å². The van der Waals surface area contributed by atoms with Crippen molar-refractivity contribution in [2.45, 2.75) is 71.3 Å². The van der Waals surface area contributed by atoms with Gasteiger partial charge in [0.1, 0.15) is 11.5 Å². The Morgan fingerprint density at radius 3 is 2.17 bits per heavy atom. The van der Waals surface area contributed by atoms with Crippen LogP contribution in [0.4, 0.5) is 17.6 Å². The highest BCUT2D eigenvalue weighted by molar-refractivity contribution is 6.26. The van der Waals surface area contributed by atoms with Gasteiger partial charge < -0.3 is 14.1 Å². The maximum Gasteiger partial charge on any atom is 0.340 e. The van der Waals surface area contributed by atoms with Gasteiger partial charge in [-0.1, -0.05) is 111 Å². The molecule has 10 heteroatoms. The van der Waals surface area contributed by atoms with Crippen LogP contribution < -0.4 is 4.74 Å². The Balaban J connectivity index is 1.62. The van der Waals surface area contributed by atoms with Gasteiger partial charge in [-0.3, -0.25) is 4.79 Å². The van der Waals surface area contributed by atoms with Gasteiger partial charge in [-0.15, -0.1) is 0 Å². The van der Waals surface area contributed by atoms with Crippen molar-refractivity contribution in [2.75, 3.05) is 6.61 Å². The Bertz CT molecular complexity index is 2300. The highest BCUT2D eigenvalue weighted by atomic mass is 19.3. The number of aromatic nitrogens is 1. The number of nitrogens with zero attached hydrogens (tertiary/aromatic N) is 2. The Morgan fingerprint density at radius 1 is 0.774 bits per heavy atom. The lowest BCUT2D eigenvalue weighted by molar-refractivity contribution is -0.148. The minimum absolute atomic E-state index is 0.0651. The number of fused-ring (bicyclic) bond motifs is 5. The molecule has 0 saturated carbocycles. The fourth-order valence-electron chi connectivity index (χ4n) is 6.90. The quantitative estimate of drug-likeness (QED) is 0.0264. The fourth-order valence-corrected chi connectivity index (χ4v) is 6.90. The van der Waals surface area contributed by atoms with Gasteiger partial charge in [-0.25, -0.2) is 13.6 Å². The zero-order chi connectivity index (χ0) is 37.7. The molecule has 0 aliphatic carbocycles. The zero-order valence-electron chi connectivity index (χ0n) is 29.8. The predicted octanol–water partition coefficient (Wildman–Crippen LogP) is 11.3. The molecule has 6 rings (SSSR count). The average Bonchev–Trinajstić information content (AvgIpc) is 3.49. The minimum atomic E-state index is -4.40. The maximum absolute atomic E-state index is 14.1. The van der Waals surface area contributed by atoms with Gasteiger partial charge >= 0.3 is 18.3 Å².